The van der Waals surface area contributed by atoms with E-state index in [1.54, 1.807) is 17.7 Å². The van der Waals surface area contributed by atoms with Crippen molar-refractivity contribution in [1.82, 2.24) is 0 Å². The third-order valence-corrected chi connectivity index (χ3v) is 3.67. The summed E-state index contributed by atoms with van der Waals surface area (Å²) >= 11 is 1.63. The molecule has 0 saturated heterocycles. The van der Waals surface area contributed by atoms with E-state index in [0.717, 1.165) is 16.7 Å². The van der Waals surface area contributed by atoms with E-state index in [0.29, 0.717) is 0 Å². The molecule has 96 valence electrons. The number of unbranched alkanes of at least 4 members (excludes halogenated alkanes) is 1. The van der Waals surface area contributed by atoms with Gasteiger partial charge in [0.15, 0.2) is 0 Å². The monoisotopic (exact) mass is 258 g/mol. The van der Waals surface area contributed by atoms with E-state index in [9.17, 15) is 4.79 Å². The van der Waals surface area contributed by atoms with Crippen LogP contribution in [0, 0.1) is 27.7 Å². The SMILES string of the molecule is CCCCP.[Li][C](=O)c1c(C)cc(C)c(C)c1C. The molecule has 3 heteroatoms. The number of rotatable bonds is 3. The molecule has 1 unspecified atom stereocenters. The van der Waals surface area contributed by atoms with Crippen molar-refractivity contribution < 1.29 is 4.79 Å². The summed E-state index contributed by atoms with van der Waals surface area (Å²) < 4.78 is 0.165. The molecular formula is C15H24LiOP. The van der Waals surface area contributed by atoms with Crippen LogP contribution in [-0.4, -0.2) is 28.3 Å². The number of hydrogen-bond acceptors (Lipinski definition) is 1. The van der Waals surface area contributed by atoms with E-state index in [-0.39, 0.29) is 4.46 Å². The fraction of sp³-hybridized carbons (Fsp3) is 0.533. The molecule has 0 aliphatic heterocycles. The van der Waals surface area contributed by atoms with Crippen LogP contribution < -0.4 is 0 Å². The molecule has 0 heterocycles. The molecule has 1 nitrogen and oxygen atoms in total. The normalized spacial score (nSPS) is 9.78. The molecule has 1 atom stereocenters. The van der Waals surface area contributed by atoms with Gasteiger partial charge in [0.05, 0.1) is 0 Å². The van der Waals surface area contributed by atoms with E-state index in [2.05, 4.69) is 36.1 Å². The van der Waals surface area contributed by atoms with Crippen molar-refractivity contribution in [1.29, 1.82) is 0 Å². The Labute approximate surface area is 124 Å². The summed E-state index contributed by atoms with van der Waals surface area (Å²) in [5, 5.41) is 0. The Bertz CT molecular complexity index is 411. The van der Waals surface area contributed by atoms with E-state index >= 15 is 0 Å². The molecule has 0 saturated carbocycles. The van der Waals surface area contributed by atoms with Crippen molar-refractivity contribution >= 4 is 31.4 Å². The van der Waals surface area contributed by atoms with Crippen LogP contribution in [0.15, 0.2) is 6.07 Å². The second-order valence-corrected chi connectivity index (χ2v) is 5.41. The van der Waals surface area contributed by atoms with Gasteiger partial charge in [0, 0.05) is 0 Å². The van der Waals surface area contributed by atoms with Crippen LogP contribution >= 0.6 is 9.24 Å². The molecule has 0 bridgehead atoms. The summed E-state index contributed by atoms with van der Waals surface area (Å²) in [6.07, 6.45) is 3.94. The van der Waals surface area contributed by atoms with Gasteiger partial charge in [0.1, 0.15) is 0 Å². The molecule has 0 aliphatic rings. The first-order valence-electron chi connectivity index (χ1n) is 6.65. The van der Waals surface area contributed by atoms with Crippen molar-refractivity contribution in [3.8, 4) is 0 Å². The Balaban J connectivity index is 0.000000494. The standard InChI is InChI=1S/C11H13O.C4H11P.Li/c1-7-5-8(2)11(6-12)10(4)9(7)3;1-2-3-4-5;/h5H,1-4H3;2-5H2,1H3;. The fourth-order valence-electron chi connectivity index (χ4n) is 2.03. The van der Waals surface area contributed by atoms with E-state index in [1.165, 1.54) is 30.1 Å². The van der Waals surface area contributed by atoms with E-state index in [4.69, 9.17) is 0 Å². The number of aryl methyl sites for hydroxylation is 2. The molecule has 1 rings (SSSR count). The predicted molar refractivity (Wildman–Crippen MR) is 85.0 cm³/mol. The van der Waals surface area contributed by atoms with Crippen molar-refractivity contribution in [3.05, 3.63) is 33.9 Å². The first kappa shape index (κ1) is 17.9. The van der Waals surface area contributed by atoms with Gasteiger partial charge >= 0.3 is 88.5 Å². The number of benzene rings is 1. The number of carbonyl (C=O) groups excluding carboxylic acids is 1. The predicted octanol–water partition coefficient (Wildman–Crippen LogP) is 3.89. The average molecular weight is 258 g/mol. The molecule has 0 aliphatic carbocycles. The van der Waals surface area contributed by atoms with Crippen LogP contribution in [0.1, 0.15) is 52.4 Å². The van der Waals surface area contributed by atoms with Gasteiger partial charge in [0.2, 0.25) is 0 Å². The fourth-order valence-corrected chi connectivity index (χ4v) is 2.44. The third-order valence-electron chi connectivity index (χ3n) is 3.27. The van der Waals surface area contributed by atoms with Crippen LogP contribution in [-0.2, 0) is 0 Å². The summed E-state index contributed by atoms with van der Waals surface area (Å²) in [6.45, 7) is 10.4. The molecule has 0 radical (unpaired) electrons. The molecule has 0 spiro atoms. The van der Waals surface area contributed by atoms with Gasteiger partial charge in [-0.2, -0.15) is 0 Å². The number of carbonyl (C=O) groups is 1. The Morgan fingerprint density at radius 2 is 1.72 bits per heavy atom. The van der Waals surface area contributed by atoms with Gasteiger partial charge in [-0.3, -0.25) is 0 Å². The van der Waals surface area contributed by atoms with Crippen LogP contribution in [0.3, 0.4) is 0 Å². The van der Waals surface area contributed by atoms with Gasteiger partial charge < -0.3 is 0 Å². The van der Waals surface area contributed by atoms with Gasteiger partial charge in [-0.1, -0.05) is 19.8 Å². The average Bonchev–Trinajstić information content (AvgIpc) is 2.27. The number of hydrogen-bond donors (Lipinski definition) is 0. The summed E-state index contributed by atoms with van der Waals surface area (Å²) in [5.74, 6) is 0. The summed E-state index contributed by atoms with van der Waals surface area (Å²) in [5.41, 5.74) is 5.61. The van der Waals surface area contributed by atoms with Crippen molar-refractivity contribution in [3.63, 3.8) is 0 Å². The topological polar surface area (TPSA) is 17.1 Å². The zero-order chi connectivity index (χ0) is 14.3. The van der Waals surface area contributed by atoms with Crippen molar-refractivity contribution in [2.45, 2.75) is 47.5 Å². The van der Waals surface area contributed by atoms with E-state index < -0.39 is 0 Å². The molecule has 0 amide bonds. The molecule has 0 fully saturated rings. The Kier molecular flexibility index (Phi) is 8.88. The molecule has 1 aromatic carbocycles. The quantitative estimate of drug-likeness (QED) is 0.593. The Morgan fingerprint density at radius 1 is 1.17 bits per heavy atom. The van der Waals surface area contributed by atoms with Gasteiger partial charge in [-0.25, -0.2) is 0 Å². The molecule has 18 heavy (non-hydrogen) atoms. The van der Waals surface area contributed by atoms with E-state index in [1.807, 2.05) is 13.8 Å². The van der Waals surface area contributed by atoms with Gasteiger partial charge in [0.25, 0.3) is 0 Å². The minimum absolute atomic E-state index is 0.165. The minimum atomic E-state index is 0.165. The Morgan fingerprint density at radius 3 is 2.06 bits per heavy atom. The molecule has 0 N–H and O–H groups in total. The second kappa shape index (κ2) is 8.92. The van der Waals surface area contributed by atoms with Crippen LogP contribution in [0.25, 0.3) is 0 Å². The van der Waals surface area contributed by atoms with Crippen molar-refractivity contribution in [2.75, 3.05) is 6.16 Å². The van der Waals surface area contributed by atoms with Gasteiger partial charge in [-0.05, 0) is 6.16 Å². The first-order valence-corrected chi connectivity index (χ1v) is 7.46. The Hall–Kier alpha value is -0.0826. The first-order chi connectivity index (χ1) is 8.36. The maximum atomic E-state index is 11.4. The van der Waals surface area contributed by atoms with Crippen LogP contribution in [0.2, 0.25) is 0 Å². The summed E-state index contributed by atoms with van der Waals surface area (Å²) in [7, 11) is 2.70. The summed E-state index contributed by atoms with van der Waals surface area (Å²) in [6, 6.07) is 2.08. The zero-order valence-corrected chi connectivity index (χ0v) is 13.8. The molecule has 1 aromatic rings. The second-order valence-electron chi connectivity index (χ2n) is 4.83. The van der Waals surface area contributed by atoms with Crippen LogP contribution in [0.5, 0.6) is 0 Å². The zero-order valence-electron chi connectivity index (χ0n) is 12.7. The van der Waals surface area contributed by atoms with Gasteiger partial charge in [-0.15, -0.1) is 9.24 Å². The molecule has 0 aromatic heterocycles. The maximum absolute atomic E-state index is 11.4. The molecular weight excluding hydrogens is 234 g/mol. The van der Waals surface area contributed by atoms with Crippen LogP contribution in [0.4, 0.5) is 0 Å². The van der Waals surface area contributed by atoms with Crippen molar-refractivity contribution in [2.24, 2.45) is 0 Å². The third kappa shape index (κ3) is 5.27. The summed E-state index contributed by atoms with van der Waals surface area (Å²) in [4.78, 5) is 11.4.